The highest BCUT2D eigenvalue weighted by atomic mass is 16.6. The van der Waals surface area contributed by atoms with Crippen LogP contribution in [0.1, 0.15) is 265 Å². The van der Waals surface area contributed by atoms with Gasteiger partial charge in [-0.2, -0.15) is 0 Å². The molecule has 0 aromatic heterocycles. The Kier molecular flexibility index (Phi) is 50.9. The van der Waals surface area contributed by atoms with Gasteiger partial charge >= 0.3 is 11.9 Å². The lowest BCUT2D eigenvalue weighted by atomic mass is 10.0. The van der Waals surface area contributed by atoms with E-state index in [4.69, 9.17) is 14.2 Å². The van der Waals surface area contributed by atoms with Crippen molar-refractivity contribution >= 4 is 11.9 Å². The molecule has 0 unspecified atom stereocenters. The fourth-order valence-electron chi connectivity index (χ4n) is 7.49. The molecule has 5 heteroatoms. The summed E-state index contributed by atoms with van der Waals surface area (Å²) < 4.78 is 17.4. The monoisotopic (exact) mass is 867 g/mol. The molecule has 0 bridgehead atoms. The predicted molar refractivity (Wildman–Crippen MR) is 270 cm³/mol. The van der Waals surface area contributed by atoms with Crippen LogP contribution in [0.2, 0.25) is 0 Å². The molecule has 0 saturated carbocycles. The van der Waals surface area contributed by atoms with Crippen molar-refractivity contribution in [2.24, 2.45) is 0 Å². The number of carbonyl (C=O) groups excluding carboxylic acids is 2. The lowest BCUT2D eigenvalue weighted by Gasteiger charge is -2.18. The van der Waals surface area contributed by atoms with Gasteiger partial charge in [0.15, 0.2) is 6.10 Å². The van der Waals surface area contributed by atoms with Gasteiger partial charge in [-0.1, -0.05) is 223 Å². The summed E-state index contributed by atoms with van der Waals surface area (Å²) in [5, 5.41) is 0. The molecule has 0 amide bonds. The third kappa shape index (κ3) is 50.2. The quantitative estimate of drug-likeness (QED) is 0.0346. The first-order valence-corrected chi connectivity index (χ1v) is 26.8. The molecule has 0 saturated heterocycles. The van der Waals surface area contributed by atoms with E-state index in [1.54, 1.807) is 0 Å². The maximum Gasteiger partial charge on any atom is 0.306 e. The number of carbonyl (C=O) groups is 2. The third-order valence-corrected chi connectivity index (χ3v) is 11.5. The molecule has 0 rings (SSSR count). The molecular weight excluding hydrogens is 765 g/mol. The Labute approximate surface area is 385 Å². The molecule has 0 aliphatic rings. The summed E-state index contributed by atoms with van der Waals surface area (Å²) in [6.45, 7) is 7.75. The smallest absolute Gasteiger partial charge is 0.306 e. The highest BCUT2D eigenvalue weighted by Crippen LogP contribution is 2.15. The average molecular weight is 867 g/mol. The first-order valence-electron chi connectivity index (χ1n) is 26.8. The third-order valence-electron chi connectivity index (χ3n) is 11.5. The Balaban J connectivity index is 4.33. The second-order valence-electron chi connectivity index (χ2n) is 17.8. The van der Waals surface area contributed by atoms with Crippen LogP contribution in [0.4, 0.5) is 0 Å². The van der Waals surface area contributed by atoms with E-state index in [1.807, 2.05) is 0 Å². The summed E-state index contributed by atoms with van der Waals surface area (Å²) >= 11 is 0. The number of unbranched alkanes of at least 4 members (excludes halogenated alkanes) is 28. The van der Waals surface area contributed by atoms with Crippen LogP contribution < -0.4 is 0 Å². The summed E-state index contributed by atoms with van der Waals surface area (Å²) in [7, 11) is 0. The van der Waals surface area contributed by atoms with Gasteiger partial charge in [0.25, 0.3) is 0 Å². The van der Waals surface area contributed by atoms with Crippen LogP contribution in [0.25, 0.3) is 0 Å². The molecule has 0 heterocycles. The molecule has 0 fully saturated rings. The first kappa shape index (κ1) is 59.6. The topological polar surface area (TPSA) is 61.8 Å². The molecule has 0 radical (unpaired) electrons. The number of rotatable bonds is 49. The second kappa shape index (κ2) is 52.9. The summed E-state index contributed by atoms with van der Waals surface area (Å²) in [6, 6.07) is 0. The van der Waals surface area contributed by atoms with Gasteiger partial charge in [0.1, 0.15) is 6.61 Å². The Bertz CT molecular complexity index is 1070. The van der Waals surface area contributed by atoms with Crippen molar-refractivity contribution in [1.29, 1.82) is 0 Å². The molecule has 5 nitrogen and oxygen atoms in total. The van der Waals surface area contributed by atoms with Gasteiger partial charge in [-0.25, -0.2) is 0 Å². The number of hydrogen-bond donors (Lipinski definition) is 0. The minimum atomic E-state index is -0.560. The highest BCUT2D eigenvalue weighted by molar-refractivity contribution is 5.70. The number of hydrogen-bond acceptors (Lipinski definition) is 5. The fraction of sp³-hybridized carbons (Fsp3) is 0.789. The number of allylic oxidation sites excluding steroid dienone is 10. The van der Waals surface area contributed by atoms with Crippen molar-refractivity contribution < 1.29 is 23.8 Å². The second-order valence-corrected chi connectivity index (χ2v) is 17.8. The van der Waals surface area contributed by atoms with Crippen LogP contribution in [0.3, 0.4) is 0 Å². The number of ether oxygens (including phenoxy) is 3. The Hall–Kier alpha value is -2.40. The SMILES string of the molecule is CCCCC/C=C\C/C=C\C/C=C\CCCCC(=O)O[C@H](COCCCCCCCCCCCCCCCCCC)COC(=O)CCCCCCC/C=C\C/C=C\CCCCC. The van der Waals surface area contributed by atoms with Gasteiger partial charge in [0.2, 0.25) is 0 Å². The largest absolute Gasteiger partial charge is 0.462 e. The normalized spacial score (nSPS) is 12.6. The molecule has 0 N–H and O–H groups in total. The van der Waals surface area contributed by atoms with Crippen molar-refractivity contribution in [3.8, 4) is 0 Å². The Morgan fingerprint density at radius 3 is 1.15 bits per heavy atom. The molecule has 1 atom stereocenters. The molecular formula is C57H102O5. The lowest BCUT2D eigenvalue weighted by molar-refractivity contribution is -0.163. The molecule has 62 heavy (non-hydrogen) atoms. The van der Waals surface area contributed by atoms with Gasteiger partial charge in [0.05, 0.1) is 6.61 Å². The van der Waals surface area contributed by atoms with Gasteiger partial charge in [-0.3, -0.25) is 9.59 Å². The van der Waals surface area contributed by atoms with E-state index in [-0.39, 0.29) is 25.2 Å². The Morgan fingerprint density at radius 2 is 0.677 bits per heavy atom. The van der Waals surface area contributed by atoms with Crippen LogP contribution in [0.5, 0.6) is 0 Å². The van der Waals surface area contributed by atoms with E-state index in [2.05, 4.69) is 81.5 Å². The minimum Gasteiger partial charge on any atom is -0.462 e. The zero-order valence-corrected chi connectivity index (χ0v) is 41.4. The van der Waals surface area contributed by atoms with Crippen molar-refractivity contribution in [3.63, 3.8) is 0 Å². The maximum atomic E-state index is 12.8. The van der Waals surface area contributed by atoms with Crippen molar-refractivity contribution in [2.75, 3.05) is 19.8 Å². The van der Waals surface area contributed by atoms with Crippen LogP contribution in [0, 0.1) is 0 Å². The van der Waals surface area contributed by atoms with Crippen LogP contribution in [0.15, 0.2) is 60.8 Å². The fourth-order valence-corrected chi connectivity index (χ4v) is 7.49. The van der Waals surface area contributed by atoms with E-state index in [0.29, 0.717) is 19.4 Å². The molecule has 0 aromatic carbocycles. The van der Waals surface area contributed by atoms with Gasteiger partial charge in [-0.15, -0.1) is 0 Å². The van der Waals surface area contributed by atoms with Crippen molar-refractivity contribution in [3.05, 3.63) is 60.8 Å². The molecule has 360 valence electrons. The molecule has 0 spiro atoms. The number of esters is 2. The minimum absolute atomic E-state index is 0.0642. The summed E-state index contributed by atoms with van der Waals surface area (Å²) in [5.41, 5.74) is 0. The van der Waals surface area contributed by atoms with E-state index >= 15 is 0 Å². The maximum absolute atomic E-state index is 12.8. The van der Waals surface area contributed by atoms with E-state index in [0.717, 1.165) is 77.0 Å². The van der Waals surface area contributed by atoms with Gasteiger partial charge in [0, 0.05) is 19.4 Å². The molecule has 0 aliphatic heterocycles. The predicted octanol–water partition coefficient (Wildman–Crippen LogP) is 18.1. The van der Waals surface area contributed by atoms with E-state index < -0.39 is 6.10 Å². The average Bonchev–Trinajstić information content (AvgIpc) is 3.27. The van der Waals surface area contributed by atoms with E-state index in [1.165, 1.54) is 154 Å². The van der Waals surface area contributed by atoms with Crippen LogP contribution in [-0.4, -0.2) is 37.9 Å². The van der Waals surface area contributed by atoms with Gasteiger partial charge in [-0.05, 0) is 89.9 Å². The molecule has 0 aliphatic carbocycles. The highest BCUT2D eigenvalue weighted by Gasteiger charge is 2.17. The summed E-state index contributed by atoms with van der Waals surface area (Å²) in [4.78, 5) is 25.4. The van der Waals surface area contributed by atoms with Crippen LogP contribution in [-0.2, 0) is 23.8 Å². The Morgan fingerprint density at radius 1 is 0.355 bits per heavy atom. The lowest BCUT2D eigenvalue weighted by Crippen LogP contribution is -2.30. The first-order chi connectivity index (χ1) is 30.6. The van der Waals surface area contributed by atoms with Gasteiger partial charge < -0.3 is 14.2 Å². The zero-order valence-electron chi connectivity index (χ0n) is 41.4. The summed E-state index contributed by atoms with van der Waals surface area (Å²) in [5.74, 6) is -0.449. The summed E-state index contributed by atoms with van der Waals surface area (Å²) in [6.07, 6.45) is 66.6. The van der Waals surface area contributed by atoms with Crippen molar-refractivity contribution in [2.45, 2.75) is 271 Å². The zero-order chi connectivity index (χ0) is 44.9. The van der Waals surface area contributed by atoms with Crippen LogP contribution >= 0.6 is 0 Å². The van der Waals surface area contributed by atoms with Crippen molar-refractivity contribution in [1.82, 2.24) is 0 Å². The standard InChI is InChI=1S/C57H102O5/c1-4-7-10-13-16-19-22-25-28-31-34-37-40-43-46-49-52-60-53-55(62-57(59)51-48-45-42-39-36-33-30-27-24-21-18-15-12-9-6-3)54-61-56(58)50-47-44-41-38-35-32-29-26-23-20-17-14-11-8-5-2/h17-18,20-21,26-27,29-30,36,39,55H,4-16,19,22-25,28,31-35,37-38,40-54H2,1-3H3/b20-17-,21-18-,29-26-,30-27-,39-36-/t55-/m1/s1. The molecule has 0 aromatic rings. The van der Waals surface area contributed by atoms with E-state index in [9.17, 15) is 9.59 Å².